The first-order valence-corrected chi connectivity index (χ1v) is 6.99. The van der Waals surface area contributed by atoms with Crippen molar-refractivity contribution >= 4 is 39.1 Å². The SMILES string of the molecule is CCc1ccccc1C(=O)Nc1cnc(Cl)c(Br)c1. The number of anilines is 1. The summed E-state index contributed by atoms with van der Waals surface area (Å²) >= 11 is 9.09. The van der Waals surface area contributed by atoms with Gasteiger partial charge in [0.2, 0.25) is 0 Å². The van der Waals surface area contributed by atoms with Crippen LogP contribution < -0.4 is 5.32 Å². The first-order valence-electron chi connectivity index (χ1n) is 5.82. The molecule has 19 heavy (non-hydrogen) atoms. The lowest BCUT2D eigenvalue weighted by molar-refractivity contribution is 0.102. The van der Waals surface area contributed by atoms with E-state index in [1.165, 1.54) is 6.20 Å². The highest BCUT2D eigenvalue weighted by molar-refractivity contribution is 9.10. The van der Waals surface area contributed by atoms with E-state index in [9.17, 15) is 4.79 Å². The van der Waals surface area contributed by atoms with Gasteiger partial charge in [0, 0.05) is 5.56 Å². The molecule has 3 nitrogen and oxygen atoms in total. The van der Waals surface area contributed by atoms with Crippen LogP contribution in [-0.4, -0.2) is 10.9 Å². The van der Waals surface area contributed by atoms with E-state index < -0.39 is 0 Å². The summed E-state index contributed by atoms with van der Waals surface area (Å²) < 4.78 is 0.649. The van der Waals surface area contributed by atoms with Gasteiger partial charge in [-0.05, 0) is 40.0 Å². The van der Waals surface area contributed by atoms with E-state index >= 15 is 0 Å². The van der Waals surface area contributed by atoms with Crippen LogP contribution in [0.25, 0.3) is 0 Å². The molecule has 2 rings (SSSR count). The molecular formula is C14H12BrClN2O. The number of pyridine rings is 1. The number of amides is 1. The predicted octanol–water partition coefficient (Wildman–Crippen LogP) is 4.31. The molecule has 0 spiro atoms. The van der Waals surface area contributed by atoms with E-state index in [1.54, 1.807) is 6.07 Å². The van der Waals surface area contributed by atoms with Crippen LogP contribution in [0.2, 0.25) is 5.15 Å². The van der Waals surface area contributed by atoms with Crippen LogP contribution in [0.4, 0.5) is 5.69 Å². The van der Waals surface area contributed by atoms with Gasteiger partial charge in [0.15, 0.2) is 0 Å². The number of benzene rings is 1. The van der Waals surface area contributed by atoms with Crippen molar-refractivity contribution in [2.45, 2.75) is 13.3 Å². The smallest absolute Gasteiger partial charge is 0.255 e. The Kier molecular flexibility index (Phi) is 4.56. The van der Waals surface area contributed by atoms with Gasteiger partial charge >= 0.3 is 0 Å². The first-order chi connectivity index (χ1) is 9.11. The molecule has 1 aromatic carbocycles. The summed E-state index contributed by atoms with van der Waals surface area (Å²) in [4.78, 5) is 16.2. The molecule has 0 aliphatic rings. The van der Waals surface area contributed by atoms with E-state index in [0.717, 1.165) is 12.0 Å². The van der Waals surface area contributed by atoms with Crippen molar-refractivity contribution in [1.82, 2.24) is 4.98 Å². The fourth-order valence-corrected chi connectivity index (χ4v) is 2.19. The van der Waals surface area contributed by atoms with Crippen LogP contribution in [0.3, 0.4) is 0 Å². The van der Waals surface area contributed by atoms with Gasteiger partial charge in [-0.3, -0.25) is 4.79 Å². The molecule has 0 unspecified atom stereocenters. The molecule has 0 bridgehead atoms. The molecule has 0 fully saturated rings. The lowest BCUT2D eigenvalue weighted by Gasteiger charge is -2.09. The highest BCUT2D eigenvalue weighted by atomic mass is 79.9. The monoisotopic (exact) mass is 338 g/mol. The standard InChI is InChI=1S/C14H12BrClN2O/c1-2-9-5-3-4-6-11(9)14(19)18-10-7-12(15)13(16)17-8-10/h3-8H,2H2,1H3,(H,18,19). The Bertz CT molecular complexity index is 616. The molecule has 0 atom stereocenters. The first kappa shape index (κ1) is 14.0. The second kappa shape index (κ2) is 6.17. The van der Waals surface area contributed by atoms with E-state index in [4.69, 9.17) is 11.6 Å². The number of halogens is 2. The van der Waals surface area contributed by atoms with Gasteiger partial charge in [0.1, 0.15) is 5.15 Å². The zero-order valence-electron chi connectivity index (χ0n) is 10.3. The maximum atomic E-state index is 12.2. The molecule has 1 heterocycles. The number of hydrogen-bond donors (Lipinski definition) is 1. The molecule has 0 saturated carbocycles. The van der Waals surface area contributed by atoms with Crippen LogP contribution >= 0.6 is 27.5 Å². The molecule has 0 saturated heterocycles. The van der Waals surface area contributed by atoms with Crippen molar-refractivity contribution in [3.05, 3.63) is 57.3 Å². The number of rotatable bonds is 3. The molecule has 1 aromatic heterocycles. The molecule has 5 heteroatoms. The molecule has 2 aromatic rings. The summed E-state index contributed by atoms with van der Waals surface area (Å²) in [6.45, 7) is 2.02. The van der Waals surface area contributed by atoms with Crippen LogP contribution in [-0.2, 0) is 6.42 Å². The molecule has 98 valence electrons. The lowest BCUT2D eigenvalue weighted by Crippen LogP contribution is -2.14. The summed E-state index contributed by atoms with van der Waals surface area (Å²) in [6, 6.07) is 9.26. The topological polar surface area (TPSA) is 42.0 Å². The highest BCUT2D eigenvalue weighted by Crippen LogP contribution is 2.23. The Labute approximate surface area is 125 Å². The summed E-state index contributed by atoms with van der Waals surface area (Å²) in [5.74, 6) is -0.145. The predicted molar refractivity (Wildman–Crippen MR) is 80.7 cm³/mol. The third kappa shape index (κ3) is 3.33. The zero-order chi connectivity index (χ0) is 13.8. The maximum Gasteiger partial charge on any atom is 0.255 e. The summed E-state index contributed by atoms with van der Waals surface area (Å²) in [7, 11) is 0. The molecule has 0 aliphatic heterocycles. The normalized spacial score (nSPS) is 10.3. The minimum atomic E-state index is -0.145. The molecule has 1 amide bonds. The van der Waals surface area contributed by atoms with Crippen LogP contribution in [0.1, 0.15) is 22.8 Å². The Morgan fingerprint density at radius 3 is 2.84 bits per heavy atom. The number of aryl methyl sites for hydroxylation is 1. The van der Waals surface area contributed by atoms with Crippen LogP contribution in [0.5, 0.6) is 0 Å². The van der Waals surface area contributed by atoms with Crippen LogP contribution in [0, 0.1) is 0 Å². The van der Waals surface area contributed by atoms with Crippen molar-refractivity contribution in [2.24, 2.45) is 0 Å². The van der Waals surface area contributed by atoms with Crippen molar-refractivity contribution in [3.63, 3.8) is 0 Å². The molecule has 1 N–H and O–H groups in total. The van der Waals surface area contributed by atoms with Gasteiger partial charge in [-0.2, -0.15) is 0 Å². The molecule has 0 radical (unpaired) electrons. The van der Waals surface area contributed by atoms with Gasteiger partial charge in [-0.1, -0.05) is 36.7 Å². The van der Waals surface area contributed by atoms with Crippen LogP contribution in [0.15, 0.2) is 41.0 Å². The lowest BCUT2D eigenvalue weighted by atomic mass is 10.0. The summed E-state index contributed by atoms with van der Waals surface area (Å²) in [6.07, 6.45) is 2.34. The largest absolute Gasteiger partial charge is 0.321 e. The quantitative estimate of drug-likeness (QED) is 0.847. The van der Waals surface area contributed by atoms with E-state index in [1.807, 2.05) is 31.2 Å². The number of hydrogen-bond acceptors (Lipinski definition) is 2. The summed E-state index contributed by atoms with van der Waals surface area (Å²) in [5.41, 5.74) is 2.30. The molecule has 0 aliphatic carbocycles. The zero-order valence-corrected chi connectivity index (χ0v) is 12.6. The van der Waals surface area contributed by atoms with E-state index in [-0.39, 0.29) is 5.91 Å². The van der Waals surface area contributed by atoms with E-state index in [0.29, 0.717) is 20.9 Å². The third-order valence-electron chi connectivity index (χ3n) is 2.70. The van der Waals surface area contributed by atoms with Gasteiger partial charge in [-0.15, -0.1) is 0 Å². The minimum Gasteiger partial charge on any atom is -0.321 e. The van der Waals surface area contributed by atoms with Gasteiger partial charge < -0.3 is 5.32 Å². The summed E-state index contributed by atoms with van der Waals surface area (Å²) in [5, 5.41) is 3.18. The molecular weight excluding hydrogens is 328 g/mol. The Hall–Kier alpha value is -1.39. The third-order valence-corrected chi connectivity index (χ3v) is 3.83. The number of carbonyl (C=O) groups excluding carboxylic acids is 1. The van der Waals surface area contributed by atoms with Crippen molar-refractivity contribution in [1.29, 1.82) is 0 Å². The van der Waals surface area contributed by atoms with Crippen molar-refractivity contribution in [2.75, 3.05) is 5.32 Å². The Balaban J connectivity index is 2.23. The average Bonchev–Trinajstić information content (AvgIpc) is 2.43. The number of carbonyl (C=O) groups is 1. The fraction of sp³-hybridized carbons (Fsp3) is 0.143. The van der Waals surface area contributed by atoms with Gasteiger partial charge in [0.05, 0.1) is 16.4 Å². The highest BCUT2D eigenvalue weighted by Gasteiger charge is 2.10. The van der Waals surface area contributed by atoms with E-state index in [2.05, 4.69) is 26.2 Å². The number of nitrogens with zero attached hydrogens (tertiary/aromatic N) is 1. The maximum absolute atomic E-state index is 12.2. The fourth-order valence-electron chi connectivity index (χ4n) is 1.74. The minimum absolute atomic E-state index is 0.145. The Morgan fingerprint density at radius 1 is 1.42 bits per heavy atom. The number of aromatic nitrogens is 1. The van der Waals surface area contributed by atoms with Crippen molar-refractivity contribution in [3.8, 4) is 0 Å². The van der Waals surface area contributed by atoms with Gasteiger partial charge in [-0.25, -0.2) is 4.98 Å². The van der Waals surface area contributed by atoms with Gasteiger partial charge in [0.25, 0.3) is 5.91 Å². The number of nitrogens with one attached hydrogen (secondary N) is 1. The van der Waals surface area contributed by atoms with Crippen molar-refractivity contribution < 1.29 is 4.79 Å². The Morgan fingerprint density at radius 2 is 2.16 bits per heavy atom. The second-order valence-corrected chi connectivity index (χ2v) is 5.17. The second-order valence-electron chi connectivity index (χ2n) is 3.96. The average molecular weight is 340 g/mol.